The average Bonchev–Trinajstić information content (AvgIpc) is 2.96. The molecule has 0 saturated carbocycles. The molecule has 2 nitrogen and oxygen atoms in total. The molecule has 2 rings (SSSR count). The highest BCUT2D eigenvalue weighted by Gasteiger charge is 2.10. The summed E-state index contributed by atoms with van der Waals surface area (Å²) in [5, 5.41) is 14.8. The van der Waals surface area contributed by atoms with E-state index in [1.807, 2.05) is 41.8 Å². The molecule has 0 saturated heterocycles. The number of nitrogens with zero attached hydrogens (tertiary/aromatic N) is 1. The van der Waals surface area contributed by atoms with Crippen LogP contribution < -0.4 is 0 Å². The first-order chi connectivity index (χ1) is 9.35. The van der Waals surface area contributed by atoms with E-state index in [-0.39, 0.29) is 0 Å². The van der Waals surface area contributed by atoms with E-state index in [0.29, 0.717) is 0 Å². The van der Waals surface area contributed by atoms with Gasteiger partial charge in [-0.2, -0.15) is 0 Å². The molecule has 2 aromatic rings. The molecule has 1 aromatic carbocycles. The fraction of sp³-hybridized carbons (Fsp3) is 0.188. The second-order valence-corrected chi connectivity index (χ2v) is 5.22. The van der Waals surface area contributed by atoms with Crippen LogP contribution in [0.3, 0.4) is 0 Å². The van der Waals surface area contributed by atoms with Crippen molar-refractivity contribution in [1.82, 2.24) is 0 Å². The molecule has 1 N–H and O–H groups in total. The molecule has 0 aliphatic heterocycles. The van der Waals surface area contributed by atoms with Gasteiger partial charge >= 0.3 is 0 Å². The Bertz CT molecular complexity index is 556. The van der Waals surface area contributed by atoms with Crippen molar-refractivity contribution in [2.75, 3.05) is 0 Å². The van der Waals surface area contributed by atoms with Gasteiger partial charge in [0.15, 0.2) is 0 Å². The molecule has 0 aliphatic carbocycles. The topological polar surface area (TPSA) is 32.6 Å². The first kappa shape index (κ1) is 13.6. The number of benzene rings is 1. The summed E-state index contributed by atoms with van der Waals surface area (Å²) in [7, 11) is 0. The molecule has 0 unspecified atom stereocenters. The van der Waals surface area contributed by atoms with Gasteiger partial charge in [-0.1, -0.05) is 54.9 Å². The molecule has 1 aromatic heterocycles. The van der Waals surface area contributed by atoms with Crippen LogP contribution in [0.2, 0.25) is 0 Å². The zero-order valence-electron chi connectivity index (χ0n) is 10.9. The van der Waals surface area contributed by atoms with E-state index in [2.05, 4.69) is 24.2 Å². The Morgan fingerprint density at radius 2 is 2.00 bits per heavy atom. The van der Waals surface area contributed by atoms with Gasteiger partial charge in [-0.15, -0.1) is 11.3 Å². The highest BCUT2D eigenvalue weighted by Crippen LogP contribution is 2.24. The quantitative estimate of drug-likeness (QED) is 0.467. The molecule has 0 amide bonds. The number of thiophene rings is 1. The van der Waals surface area contributed by atoms with Crippen molar-refractivity contribution in [3.8, 4) is 0 Å². The van der Waals surface area contributed by atoms with Crippen LogP contribution in [0.25, 0.3) is 11.6 Å². The lowest BCUT2D eigenvalue weighted by molar-refractivity contribution is 0.318. The van der Waals surface area contributed by atoms with Crippen LogP contribution >= 0.6 is 11.3 Å². The molecule has 98 valence electrons. The fourth-order valence-electron chi connectivity index (χ4n) is 1.94. The third kappa shape index (κ3) is 3.55. The van der Waals surface area contributed by atoms with Crippen molar-refractivity contribution >= 4 is 28.7 Å². The summed E-state index contributed by atoms with van der Waals surface area (Å²) < 4.78 is 0. The van der Waals surface area contributed by atoms with Crippen molar-refractivity contribution in [2.24, 2.45) is 5.16 Å². The van der Waals surface area contributed by atoms with Crippen LogP contribution in [0.15, 0.2) is 53.0 Å². The maximum atomic E-state index is 9.27. The van der Waals surface area contributed by atoms with Gasteiger partial charge in [-0.25, -0.2) is 0 Å². The highest BCUT2D eigenvalue weighted by molar-refractivity contribution is 7.11. The van der Waals surface area contributed by atoms with E-state index >= 15 is 0 Å². The van der Waals surface area contributed by atoms with E-state index < -0.39 is 0 Å². The van der Waals surface area contributed by atoms with Gasteiger partial charge < -0.3 is 5.21 Å². The second-order valence-electron chi connectivity index (χ2n) is 4.24. The third-order valence-corrected chi connectivity index (χ3v) is 3.65. The van der Waals surface area contributed by atoms with Crippen LogP contribution in [0.5, 0.6) is 0 Å². The molecule has 0 bridgehead atoms. The van der Waals surface area contributed by atoms with E-state index in [4.69, 9.17) is 0 Å². The molecule has 0 spiro atoms. The minimum Gasteiger partial charge on any atom is -0.411 e. The SMILES string of the molecule is CCCC(=N\O)/C(=C/c1cccs1)c1ccccc1. The lowest BCUT2D eigenvalue weighted by Crippen LogP contribution is -2.02. The minimum absolute atomic E-state index is 0.738. The number of allylic oxidation sites excluding steroid dienone is 1. The van der Waals surface area contributed by atoms with Crippen LogP contribution in [-0.4, -0.2) is 10.9 Å². The Labute approximate surface area is 117 Å². The van der Waals surface area contributed by atoms with Crippen molar-refractivity contribution in [1.29, 1.82) is 0 Å². The number of hydrogen-bond donors (Lipinski definition) is 1. The summed E-state index contributed by atoms with van der Waals surface area (Å²) in [6, 6.07) is 14.2. The Morgan fingerprint density at radius 3 is 2.58 bits per heavy atom. The number of rotatable bonds is 5. The van der Waals surface area contributed by atoms with Crippen LogP contribution in [0.1, 0.15) is 30.2 Å². The number of hydrogen-bond acceptors (Lipinski definition) is 3. The predicted octanol–water partition coefficient (Wildman–Crippen LogP) is 4.92. The molecular formula is C16H17NOS. The summed E-state index contributed by atoms with van der Waals surface area (Å²) in [5.41, 5.74) is 2.81. The summed E-state index contributed by atoms with van der Waals surface area (Å²) in [4.78, 5) is 1.16. The summed E-state index contributed by atoms with van der Waals surface area (Å²) in [6.45, 7) is 2.08. The largest absolute Gasteiger partial charge is 0.411 e. The normalized spacial score (nSPS) is 12.7. The zero-order chi connectivity index (χ0) is 13.5. The fourth-order valence-corrected chi connectivity index (χ4v) is 2.60. The van der Waals surface area contributed by atoms with Gasteiger partial charge in [0.05, 0.1) is 5.71 Å². The first-order valence-electron chi connectivity index (χ1n) is 6.37. The molecule has 0 fully saturated rings. The number of oxime groups is 1. The molecule has 1 heterocycles. The minimum atomic E-state index is 0.738. The van der Waals surface area contributed by atoms with Gasteiger partial charge in [0.25, 0.3) is 0 Å². The Balaban J connectivity index is 2.45. The average molecular weight is 271 g/mol. The van der Waals surface area contributed by atoms with Gasteiger partial charge in [0.2, 0.25) is 0 Å². The Hall–Kier alpha value is -1.87. The molecular weight excluding hydrogens is 254 g/mol. The van der Waals surface area contributed by atoms with Crippen LogP contribution in [0.4, 0.5) is 0 Å². The monoisotopic (exact) mass is 271 g/mol. The van der Waals surface area contributed by atoms with Crippen LogP contribution in [-0.2, 0) is 0 Å². The van der Waals surface area contributed by atoms with Gasteiger partial charge in [0.1, 0.15) is 0 Å². The molecule has 3 heteroatoms. The molecule has 19 heavy (non-hydrogen) atoms. The standard InChI is InChI=1S/C16H17NOS/c1-2-7-16(17-18)15(12-14-10-6-11-19-14)13-8-4-3-5-9-13/h3-6,8-12,18H,2,7H2,1H3/b15-12+,17-16+. The lowest BCUT2D eigenvalue weighted by atomic mass is 9.97. The smallest absolute Gasteiger partial charge is 0.0874 e. The maximum Gasteiger partial charge on any atom is 0.0874 e. The van der Waals surface area contributed by atoms with Gasteiger partial charge in [-0.05, 0) is 29.5 Å². The van der Waals surface area contributed by atoms with Gasteiger partial charge in [0, 0.05) is 10.5 Å². The zero-order valence-corrected chi connectivity index (χ0v) is 11.7. The summed E-state index contributed by atoms with van der Waals surface area (Å²) >= 11 is 1.68. The van der Waals surface area contributed by atoms with Crippen molar-refractivity contribution in [3.05, 3.63) is 58.3 Å². The van der Waals surface area contributed by atoms with E-state index in [0.717, 1.165) is 34.6 Å². The maximum absolute atomic E-state index is 9.27. The molecule has 0 aliphatic rings. The van der Waals surface area contributed by atoms with Crippen molar-refractivity contribution < 1.29 is 5.21 Å². The summed E-state index contributed by atoms with van der Waals surface area (Å²) in [5.74, 6) is 0. The van der Waals surface area contributed by atoms with Crippen molar-refractivity contribution in [3.63, 3.8) is 0 Å². The lowest BCUT2D eigenvalue weighted by Gasteiger charge is -2.09. The van der Waals surface area contributed by atoms with Gasteiger partial charge in [-0.3, -0.25) is 0 Å². The third-order valence-electron chi connectivity index (χ3n) is 2.83. The van der Waals surface area contributed by atoms with E-state index in [1.165, 1.54) is 0 Å². The first-order valence-corrected chi connectivity index (χ1v) is 7.25. The van der Waals surface area contributed by atoms with E-state index in [1.54, 1.807) is 11.3 Å². The Kier molecular flexibility index (Phi) is 4.93. The Morgan fingerprint density at radius 1 is 1.21 bits per heavy atom. The molecule has 0 radical (unpaired) electrons. The second kappa shape index (κ2) is 6.90. The van der Waals surface area contributed by atoms with Crippen molar-refractivity contribution in [2.45, 2.75) is 19.8 Å². The highest BCUT2D eigenvalue weighted by atomic mass is 32.1. The predicted molar refractivity (Wildman–Crippen MR) is 82.8 cm³/mol. The molecule has 0 atom stereocenters. The van der Waals surface area contributed by atoms with Crippen LogP contribution in [0, 0.1) is 0 Å². The van der Waals surface area contributed by atoms with E-state index in [9.17, 15) is 5.21 Å². The summed E-state index contributed by atoms with van der Waals surface area (Å²) in [6.07, 6.45) is 3.81.